The molecule has 0 N–H and O–H groups in total. The Morgan fingerprint density at radius 3 is 2.82 bits per heavy atom. The van der Waals surface area contributed by atoms with E-state index >= 15 is 0 Å². The predicted molar refractivity (Wildman–Crippen MR) is 39.9 cm³/mol. The first-order chi connectivity index (χ1) is 4.97. The van der Waals surface area contributed by atoms with E-state index in [2.05, 4.69) is 6.07 Å². The van der Waals surface area contributed by atoms with Crippen molar-refractivity contribution >= 4 is 0 Å². The van der Waals surface area contributed by atoms with Crippen LogP contribution < -0.4 is 4.74 Å². The summed E-state index contributed by atoms with van der Waals surface area (Å²) in [6, 6.07) is 8.08. The van der Waals surface area contributed by atoms with Gasteiger partial charge in [-0.2, -0.15) is 0 Å². The zero-order valence-corrected chi connectivity index (χ0v) is 7.14. The van der Waals surface area contributed by atoms with Crippen LogP contribution in [0.1, 0.15) is 5.56 Å². The maximum Gasteiger partial charge on any atom is 0.130 e. The van der Waals surface area contributed by atoms with E-state index in [0.717, 1.165) is 12.2 Å². The molecule has 0 fully saturated rings. The van der Waals surface area contributed by atoms with E-state index in [-0.39, 0.29) is 17.1 Å². The first-order valence-electron chi connectivity index (χ1n) is 3.36. The van der Waals surface area contributed by atoms with Gasteiger partial charge >= 0.3 is 0 Å². The molecule has 0 aromatic heterocycles. The molecule has 0 amide bonds. The standard InChI is InChI=1S/C9H8O.Mn/c1-2-6-9-8(4-1)5-3-7-10-9;/h1-4,6-7H,5H2;. The quantitative estimate of drug-likeness (QED) is 0.565. The van der Waals surface area contributed by atoms with Crippen LogP contribution in [0.15, 0.2) is 36.6 Å². The Balaban J connectivity index is 0.000000605. The zero-order chi connectivity index (χ0) is 6.81. The number of allylic oxidation sites excluding steroid dienone is 1. The van der Waals surface area contributed by atoms with Gasteiger partial charge in [0.15, 0.2) is 0 Å². The second-order valence-corrected chi connectivity index (χ2v) is 2.30. The van der Waals surface area contributed by atoms with Gasteiger partial charge in [-0.25, -0.2) is 0 Å². The van der Waals surface area contributed by atoms with Crippen LogP contribution in [0.2, 0.25) is 0 Å². The van der Waals surface area contributed by atoms with Gasteiger partial charge in [0.05, 0.1) is 6.26 Å². The molecule has 11 heavy (non-hydrogen) atoms. The van der Waals surface area contributed by atoms with Crippen molar-refractivity contribution in [2.24, 2.45) is 0 Å². The van der Waals surface area contributed by atoms with Gasteiger partial charge in [0, 0.05) is 17.1 Å². The second-order valence-electron chi connectivity index (χ2n) is 2.30. The Morgan fingerprint density at radius 2 is 2.00 bits per heavy atom. The van der Waals surface area contributed by atoms with Crippen molar-refractivity contribution < 1.29 is 21.8 Å². The molecule has 0 atom stereocenters. The van der Waals surface area contributed by atoms with Crippen molar-refractivity contribution in [1.82, 2.24) is 0 Å². The fourth-order valence-electron chi connectivity index (χ4n) is 1.08. The van der Waals surface area contributed by atoms with Crippen molar-refractivity contribution in [3.8, 4) is 5.75 Å². The summed E-state index contributed by atoms with van der Waals surface area (Å²) >= 11 is 0. The summed E-state index contributed by atoms with van der Waals surface area (Å²) in [6.45, 7) is 0. The third kappa shape index (κ3) is 1.65. The largest absolute Gasteiger partial charge is 0.465 e. The molecule has 1 nitrogen and oxygen atoms in total. The van der Waals surface area contributed by atoms with Crippen LogP contribution in [-0.2, 0) is 23.5 Å². The predicted octanol–water partition coefficient (Wildman–Crippen LogP) is 2.13. The summed E-state index contributed by atoms with van der Waals surface area (Å²) in [6.07, 6.45) is 4.75. The van der Waals surface area contributed by atoms with E-state index in [0.29, 0.717) is 0 Å². The fourth-order valence-corrected chi connectivity index (χ4v) is 1.08. The summed E-state index contributed by atoms with van der Waals surface area (Å²) in [4.78, 5) is 0. The number of para-hydroxylation sites is 1. The molecule has 0 saturated carbocycles. The second kappa shape index (κ2) is 3.61. The minimum Gasteiger partial charge on any atom is -0.465 e. The molecule has 57 valence electrons. The Morgan fingerprint density at radius 1 is 1.18 bits per heavy atom. The summed E-state index contributed by atoms with van der Waals surface area (Å²) in [5, 5.41) is 0. The van der Waals surface area contributed by atoms with Crippen LogP contribution in [0, 0.1) is 0 Å². The summed E-state index contributed by atoms with van der Waals surface area (Å²) < 4.78 is 5.24. The van der Waals surface area contributed by atoms with E-state index < -0.39 is 0 Å². The maximum absolute atomic E-state index is 5.24. The number of hydrogen-bond acceptors (Lipinski definition) is 1. The smallest absolute Gasteiger partial charge is 0.130 e. The van der Waals surface area contributed by atoms with Crippen molar-refractivity contribution in [2.45, 2.75) is 6.42 Å². The molecule has 2 rings (SSSR count). The average molecular weight is 187 g/mol. The molecule has 0 aliphatic carbocycles. The van der Waals surface area contributed by atoms with Crippen molar-refractivity contribution in [1.29, 1.82) is 0 Å². The number of benzene rings is 1. The Bertz CT molecular complexity index is 241. The average Bonchev–Trinajstić information content (AvgIpc) is 2.05. The third-order valence-corrected chi connectivity index (χ3v) is 1.60. The van der Waals surface area contributed by atoms with Crippen LogP contribution >= 0.6 is 0 Å². The SMILES string of the molecule is C1=COc2ccccc2C1.[Mn]. The number of fused-ring (bicyclic) bond motifs is 1. The number of rotatable bonds is 0. The Labute approximate surface area is 76.5 Å². The van der Waals surface area contributed by atoms with Gasteiger partial charge in [-0.1, -0.05) is 18.2 Å². The molecule has 1 aliphatic heterocycles. The van der Waals surface area contributed by atoms with E-state index in [1.807, 2.05) is 24.3 Å². The fraction of sp³-hybridized carbons (Fsp3) is 0.111. The first-order valence-corrected chi connectivity index (χ1v) is 3.36. The van der Waals surface area contributed by atoms with Gasteiger partial charge in [-0.3, -0.25) is 0 Å². The molecule has 1 aromatic carbocycles. The van der Waals surface area contributed by atoms with Gasteiger partial charge in [0.25, 0.3) is 0 Å². The van der Waals surface area contributed by atoms with Gasteiger partial charge in [0.2, 0.25) is 0 Å². The molecule has 0 bridgehead atoms. The van der Waals surface area contributed by atoms with Gasteiger partial charge in [-0.15, -0.1) is 0 Å². The summed E-state index contributed by atoms with van der Waals surface area (Å²) in [7, 11) is 0. The van der Waals surface area contributed by atoms with Crippen LogP contribution in [0.25, 0.3) is 0 Å². The molecule has 1 heterocycles. The van der Waals surface area contributed by atoms with Gasteiger partial charge in [-0.05, 0) is 24.1 Å². The Hall–Kier alpha value is -0.721. The molecule has 0 spiro atoms. The molecular formula is C9H8MnO. The third-order valence-electron chi connectivity index (χ3n) is 1.60. The summed E-state index contributed by atoms with van der Waals surface area (Å²) in [5.74, 6) is 0.991. The van der Waals surface area contributed by atoms with Crippen molar-refractivity contribution in [3.05, 3.63) is 42.2 Å². The van der Waals surface area contributed by atoms with E-state index in [9.17, 15) is 0 Å². The van der Waals surface area contributed by atoms with E-state index in [1.54, 1.807) is 6.26 Å². The first kappa shape index (κ1) is 8.38. The van der Waals surface area contributed by atoms with E-state index in [1.165, 1.54) is 5.56 Å². The number of ether oxygens (including phenoxy) is 1. The topological polar surface area (TPSA) is 9.23 Å². The summed E-state index contributed by atoms with van der Waals surface area (Å²) in [5.41, 5.74) is 1.27. The van der Waals surface area contributed by atoms with Crippen LogP contribution in [0.3, 0.4) is 0 Å². The van der Waals surface area contributed by atoms with Crippen LogP contribution in [0.5, 0.6) is 5.75 Å². The van der Waals surface area contributed by atoms with Crippen LogP contribution in [-0.4, -0.2) is 0 Å². The van der Waals surface area contributed by atoms with Gasteiger partial charge in [0.1, 0.15) is 5.75 Å². The molecule has 1 aromatic rings. The Kier molecular flexibility index (Phi) is 2.75. The molecule has 2 heteroatoms. The van der Waals surface area contributed by atoms with Gasteiger partial charge < -0.3 is 4.74 Å². The molecule has 0 unspecified atom stereocenters. The minimum absolute atomic E-state index is 0. The normalized spacial score (nSPS) is 12.7. The number of hydrogen-bond donors (Lipinski definition) is 0. The molecule has 1 aliphatic rings. The minimum atomic E-state index is 0. The maximum atomic E-state index is 5.24. The van der Waals surface area contributed by atoms with Crippen molar-refractivity contribution in [2.75, 3.05) is 0 Å². The molecule has 1 radical (unpaired) electrons. The van der Waals surface area contributed by atoms with Crippen LogP contribution in [0.4, 0.5) is 0 Å². The van der Waals surface area contributed by atoms with Crippen molar-refractivity contribution in [3.63, 3.8) is 0 Å². The monoisotopic (exact) mass is 187 g/mol. The molecular weight excluding hydrogens is 179 g/mol. The molecule has 0 saturated heterocycles. The van der Waals surface area contributed by atoms with E-state index in [4.69, 9.17) is 4.74 Å². The zero-order valence-electron chi connectivity index (χ0n) is 5.96.